The molecule has 1 rings (SSSR count). The van der Waals surface area contributed by atoms with E-state index in [1.54, 1.807) is 0 Å². The van der Waals surface area contributed by atoms with Gasteiger partial charge in [-0.1, -0.05) is 26.0 Å². The van der Waals surface area contributed by atoms with Crippen molar-refractivity contribution in [2.24, 2.45) is 10.8 Å². The highest BCUT2D eigenvalue weighted by molar-refractivity contribution is 7.80. The number of benzene rings is 1. The molecule has 0 fully saturated rings. The Balaban J connectivity index is 2.63. The summed E-state index contributed by atoms with van der Waals surface area (Å²) < 4.78 is 5.79. The minimum atomic E-state index is -0.147. The van der Waals surface area contributed by atoms with E-state index in [0.717, 1.165) is 11.5 Å². The summed E-state index contributed by atoms with van der Waals surface area (Å²) >= 11 is 4.69. The zero-order valence-electron chi connectivity index (χ0n) is 11.8. The van der Waals surface area contributed by atoms with Crippen LogP contribution in [0.25, 0.3) is 0 Å². The van der Waals surface area contributed by atoms with Crippen LogP contribution in [0.3, 0.4) is 0 Å². The number of hydrogen-bond donors (Lipinski definition) is 2. The van der Waals surface area contributed by atoms with Crippen LogP contribution in [-0.4, -0.2) is 16.9 Å². The van der Waals surface area contributed by atoms with E-state index < -0.39 is 0 Å². The highest BCUT2D eigenvalue weighted by Crippen LogP contribution is 2.19. The first-order chi connectivity index (χ1) is 8.90. The van der Waals surface area contributed by atoms with Crippen molar-refractivity contribution in [1.82, 2.24) is 5.43 Å². The number of nitrogens with two attached hydrogens (primary N) is 1. The van der Waals surface area contributed by atoms with Crippen LogP contribution in [0.2, 0.25) is 0 Å². The molecule has 0 aliphatic rings. The summed E-state index contributed by atoms with van der Waals surface area (Å²) in [4.78, 5) is 0. The van der Waals surface area contributed by atoms with Gasteiger partial charge in [0.2, 0.25) is 0 Å². The lowest BCUT2D eigenvalue weighted by molar-refractivity contribution is 0.285. The van der Waals surface area contributed by atoms with Crippen LogP contribution >= 0.6 is 12.2 Å². The van der Waals surface area contributed by atoms with Gasteiger partial charge in [0.05, 0.1) is 5.71 Å². The van der Waals surface area contributed by atoms with Gasteiger partial charge in [-0.25, -0.2) is 0 Å². The van der Waals surface area contributed by atoms with Crippen molar-refractivity contribution >= 4 is 23.0 Å². The molecule has 1 atom stereocenters. The molecule has 5 heteroatoms. The Labute approximate surface area is 120 Å². The fourth-order valence-electron chi connectivity index (χ4n) is 1.45. The average Bonchev–Trinajstić information content (AvgIpc) is 2.36. The second-order valence-corrected chi connectivity index (χ2v) is 5.15. The normalized spacial score (nSPS) is 13.2. The van der Waals surface area contributed by atoms with Crippen molar-refractivity contribution in [1.29, 1.82) is 0 Å². The number of thiocarbonyl (C=S) groups is 1. The van der Waals surface area contributed by atoms with Crippen molar-refractivity contribution in [3.05, 3.63) is 29.8 Å². The van der Waals surface area contributed by atoms with Gasteiger partial charge in [-0.05, 0) is 49.7 Å². The predicted octanol–water partition coefficient (Wildman–Crippen LogP) is 2.79. The number of nitrogens with one attached hydrogen (secondary N) is 1. The molecule has 0 radical (unpaired) electrons. The third-order valence-corrected chi connectivity index (χ3v) is 2.88. The van der Waals surface area contributed by atoms with Crippen LogP contribution < -0.4 is 15.9 Å². The van der Waals surface area contributed by atoms with E-state index in [0.29, 0.717) is 5.92 Å². The third-order valence-electron chi connectivity index (χ3n) is 2.79. The monoisotopic (exact) mass is 279 g/mol. The number of hydrazone groups is 1. The lowest BCUT2D eigenvalue weighted by atomic mass is 10.0. The molecular formula is C14H21N3OS. The standard InChI is InChI=1S/C14H21N3OS/c1-9(2)12-5-7-13(8-6-12)18-11(4)10(3)16-17-14(15)19/h5-9,11H,1-4H3,(H3,15,17,19)/b16-10+. The number of hydrogen-bond acceptors (Lipinski definition) is 3. The summed E-state index contributed by atoms with van der Waals surface area (Å²) in [6, 6.07) is 8.10. The van der Waals surface area contributed by atoms with Gasteiger partial charge >= 0.3 is 0 Å². The SMILES string of the molecule is C/C(=N\NC(N)=S)C(C)Oc1ccc(C(C)C)cc1. The summed E-state index contributed by atoms with van der Waals surface area (Å²) in [6.45, 7) is 8.11. The van der Waals surface area contributed by atoms with Crippen molar-refractivity contribution in [3.8, 4) is 5.75 Å². The van der Waals surface area contributed by atoms with Crippen LogP contribution in [0.15, 0.2) is 29.4 Å². The van der Waals surface area contributed by atoms with Crippen molar-refractivity contribution in [2.75, 3.05) is 0 Å². The van der Waals surface area contributed by atoms with Crippen LogP contribution in [0.4, 0.5) is 0 Å². The molecule has 4 nitrogen and oxygen atoms in total. The predicted molar refractivity (Wildman–Crippen MR) is 83.7 cm³/mol. The van der Waals surface area contributed by atoms with Crippen molar-refractivity contribution in [3.63, 3.8) is 0 Å². The van der Waals surface area contributed by atoms with E-state index >= 15 is 0 Å². The first kappa shape index (κ1) is 15.4. The van der Waals surface area contributed by atoms with E-state index in [2.05, 4.69) is 48.7 Å². The molecule has 19 heavy (non-hydrogen) atoms. The fraction of sp³-hybridized carbons (Fsp3) is 0.429. The quantitative estimate of drug-likeness (QED) is 0.494. The van der Waals surface area contributed by atoms with E-state index in [9.17, 15) is 0 Å². The van der Waals surface area contributed by atoms with Gasteiger partial charge in [0.15, 0.2) is 5.11 Å². The molecule has 0 aromatic heterocycles. The summed E-state index contributed by atoms with van der Waals surface area (Å²) in [5, 5.41) is 4.19. The number of rotatable bonds is 5. The summed E-state index contributed by atoms with van der Waals surface area (Å²) in [5.74, 6) is 1.34. The van der Waals surface area contributed by atoms with E-state index in [4.69, 9.17) is 10.5 Å². The number of ether oxygens (including phenoxy) is 1. The first-order valence-corrected chi connectivity index (χ1v) is 6.67. The summed E-state index contributed by atoms with van der Waals surface area (Å²) in [6.07, 6.45) is -0.147. The van der Waals surface area contributed by atoms with Crippen LogP contribution in [0, 0.1) is 0 Å². The average molecular weight is 279 g/mol. The smallest absolute Gasteiger partial charge is 0.184 e. The first-order valence-electron chi connectivity index (χ1n) is 6.26. The Hall–Kier alpha value is -1.62. The molecule has 0 saturated heterocycles. The maximum absolute atomic E-state index is 5.79. The lowest BCUT2D eigenvalue weighted by Crippen LogP contribution is -2.29. The van der Waals surface area contributed by atoms with Crippen molar-refractivity contribution in [2.45, 2.75) is 39.7 Å². The van der Waals surface area contributed by atoms with Crippen molar-refractivity contribution < 1.29 is 4.74 Å². The van der Waals surface area contributed by atoms with E-state index in [-0.39, 0.29) is 11.2 Å². The minimum absolute atomic E-state index is 0.146. The number of nitrogens with zero attached hydrogens (tertiary/aromatic N) is 1. The molecule has 0 bridgehead atoms. The zero-order chi connectivity index (χ0) is 14.4. The molecule has 3 N–H and O–H groups in total. The van der Waals surface area contributed by atoms with E-state index in [1.165, 1.54) is 5.56 Å². The Morgan fingerprint density at radius 3 is 2.32 bits per heavy atom. The fourth-order valence-corrected chi connectivity index (χ4v) is 1.50. The lowest BCUT2D eigenvalue weighted by Gasteiger charge is -2.15. The second-order valence-electron chi connectivity index (χ2n) is 4.71. The van der Waals surface area contributed by atoms with Gasteiger partial charge in [-0.15, -0.1) is 0 Å². The van der Waals surface area contributed by atoms with Crippen LogP contribution in [0.5, 0.6) is 5.75 Å². The van der Waals surface area contributed by atoms with Gasteiger partial charge in [0.1, 0.15) is 11.9 Å². The van der Waals surface area contributed by atoms with Gasteiger partial charge in [-0.2, -0.15) is 5.10 Å². The molecule has 104 valence electrons. The van der Waals surface area contributed by atoms with Gasteiger partial charge in [0.25, 0.3) is 0 Å². The summed E-state index contributed by atoms with van der Waals surface area (Å²) in [7, 11) is 0. The molecular weight excluding hydrogens is 258 g/mol. The molecule has 0 heterocycles. The topological polar surface area (TPSA) is 59.6 Å². The van der Waals surface area contributed by atoms with Crippen LogP contribution in [-0.2, 0) is 0 Å². The Bertz CT molecular complexity index is 454. The molecule has 0 saturated carbocycles. The zero-order valence-corrected chi connectivity index (χ0v) is 12.6. The Morgan fingerprint density at radius 2 is 1.84 bits per heavy atom. The van der Waals surface area contributed by atoms with Gasteiger partial charge in [-0.3, -0.25) is 5.43 Å². The molecule has 1 aromatic carbocycles. The Kier molecular flexibility index (Phi) is 5.76. The van der Waals surface area contributed by atoms with Crippen LogP contribution in [0.1, 0.15) is 39.2 Å². The second kappa shape index (κ2) is 7.09. The maximum atomic E-state index is 5.79. The molecule has 1 unspecified atom stereocenters. The minimum Gasteiger partial charge on any atom is -0.485 e. The largest absolute Gasteiger partial charge is 0.485 e. The van der Waals surface area contributed by atoms with E-state index in [1.807, 2.05) is 26.0 Å². The van der Waals surface area contributed by atoms with Gasteiger partial charge < -0.3 is 10.5 Å². The molecule has 1 aromatic rings. The molecule has 0 spiro atoms. The highest BCUT2D eigenvalue weighted by Gasteiger charge is 2.08. The maximum Gasteiger partial charge on any atom is 0.184 e. The molecule has 0 aliphatic heterocycles. The summed E-state index contributed by atoms with van der Waals surface area (Å²) in [5.41, 5.74) is 9.93. The Morgan fingerprint density at radius 1 is 1.26 bits per heavy atom. The highest BCUT2D eigenvalue weighted by atomic mass is 32.1. The third kappa shape index (κ3) is 5.26. The molecule has 0 aliphatic carbocycles. The molecule has 0 amide bonds. The van der Waals surface area contributed by atoms with Gasteiger partial charge in [0, 0.05) is 0 Å².